The fraction of sp³-hybridized carbons (Fsp3) is 0.192. The average Bonchev–Trinajstić information content (AvgIpc) is 3.20. The largest absolute Gasteiger partial charge is 0.497 e. The van der Waals surface area contributed by atoms with Crippen molar-refractivity contribution in [1.82, 2.24) is 9.88 Å². The molecule has 1 aromatic heterocycles. The first kappa shape index (κ1) is 21.3. The van der Waals surface area contributed by atoms with Gasteiger partial charge in [-0.25, -0.2) is 9.18 Å². The van der Waals surface area contributed by atoms with E-state index < -0.39 is 6.04 Å². The number of hydrogen-bond donors (Lipinski definition) is 2. The molecule has 0 aliphatic carbocycles. The number of urea groups is 1. The molecule has 2 N–H and O–H groups in total. The van der Waals surface area contributed by atoms with Crippen LogP contribution in [0.25, 0.3) is 10.9 Å². The lowest BCUT2D eigenvalue weighted by atomic mass is 9.92. The summed E-state index contributed by atoms with van der Waals surface area (Å²) in [5, 5.41) is 4.67. The van der Waals surface area contributed by atoms with Gasteiger partial charge in [0.2, 0.25) is 0 Å². The fourth-order valence-electron chi connectivity index (χ4n) is 4.53. The minimum absolute atomic E-state index is 0.239. The number of benzene rings is 3. The molecule has 4 aromatic rings. The summed E-state index contributed by atoms with van der Waals surface area (Å²) in [6, 6.07) is 17.0. The maximum absolute atomic E-state index is 13.7. The van der Waals surface area contributed by atoms with Gasteiger partial charge in [0.25, 0.3) is 0 Å². The first-order chi connectivity index (χ1) is 16.0. The fourth-order valence-corrected chi connectivity index (χ4v) is 4.71. The Morgan fingerprint density at radius 1 is 1.18 bits per heavy atom. The highest BCUT2D eigenvalue weighted by molar-refractivity contribution is 6.31. The third-order valence-corrected chi connectivity index (χ3v) is 6.70. The number of ether oxygens (including phenoxy) is 1. The van der Waals surface area contributed by atoms with E-state index >= 15 is 0 Å². The average molecular weight is 464 g/mol. The number of anilines is 1. The van der Waals surface area contributed by atoms with Gasteiger partial charge in [-0.2, -0.15) is 0 Å². The van der Waals surface area contributed by atoms with Gasteiger partial charge in [-0.05, 0) is 72.5 Å². The minimum atomic E-state index is -0.396. The van der Waals surface area contributed by atoms with E-state index in [0.29, 0.717) is 23.7 Å². The van der Waals surface area contributed by atoms with Gasteiger partial charge in [0.05, 0.1) is 13.2 Å². The maximum atomic E-state index is 13.7. The Morgan fingerprint density at radius 3 is 2.73 bits per heavy atom. The second kappa shape index (κ2) is 8.45. The Labute approximate surface area is 196 Å². The van der Waals surface area contributed by atoms with E-state index in [1.54, 1.807) is 30.2 Å². The number of rotatable bonds is 3. The van der Waals surface area contributed by atoms with E-state index in [4.69, 9.17) is 16.3 Å². The van der Waals surface area contributed by atoms with Gasteiger partial charge in [0, 0.05) is 33.9 Å². The molecule has 1 atom stereocenters. The molecule has 0 spiro atoms. The van der Waals surface area contributed by atoms with Crippen molar-refractivity contribution in [3.63, 3.8) is 0 Å². The number of methoxy groups -OCH3 is 1. The molecule has 0 fully saturated rings. The van der Waals surface area contributed by atoms with Gasteiger partial charge in [-0.3, -0.25) is 0 Å². The summed E-state index contributed by atoms with van der Waals surface area (Å²) < 4.78 is 19.1. The summed E-state index contributed by atoms with van der Waals surface area (Å²) in [5.41, 5.74) is 5.34. The zero-order valence-electron chi connectivity index (χ0n) is 18.3. The van der Waals surface area contributed by atoms with Gasteiger partial charge in [-0.1, -0.05) is 29.8 Å². The molecule has 5 rings (SSSR count). The lowest BCUT2D eigenvalue weighted by Crippen LogP contribution is -2.43. The monoisotopic (exact) mass is 463 g/mol. The van der Waals surface area contributed by atoms with Crippen LogP contribution in [0.3, 0.4) is 0 Å². The van der Waals surface area contributed by atoms with E-state index in [-0.39, 0.29) is 11.8 Å². The molecule has 5 nitrogen and oxygen atoms in total. The number of amides is 2. The number of carbonyl (C=O) groups excluding carboxylic acids is 1. The number of aromatic nitrogens is 1. The molecule has 168 valence electrons. The minimum Gasteiger partial charge on any atom is -0.497 e. The Balaban J connectivity index is 1.59. The topological polar surface area (TPSA) is 57.4 Å². The first-order valence-corrected chi connectivity index (χ1v) is 11.1. The van der Waals surface area contributed by atoms with Gasteiger partial charge in [0.15, 0.2) is 0 Å². The van der Waals surface area contributed by atoms with Gasteiger partial charge in [-0.15, -0.1) is 0 Å². The van der Waals surface area contributed by atoms with Crippen molar-refractivity contribution >= 4 is 34.2 Å². The Kier molecular flexibility index (Phi) is 5.46. The number of carbonyl (C=O) groups is 1. The number of nitrogens with zero attached hydrogens (tertiary/aromatic N) is 1. The number of hydrogen-bond acceptors (Lipinski definition) is 2. The van der Waals surface area contributed by atoms with Gasteiger partial charge < -0.3 is 19.9 Å². The van der Waals surface area contributed by atoms with E-state index in [0.717, 1.165) is 39.0 Å². The van der Waals surface area contributed by atoms with Crippen LogP contribution in [-0.2, 0) is 6.42 Å². The third-order valence-electron chi connectivity index (χ3n) is 6.29. The first-order valence-electron chi connectivity index (χ1n) is 10.7. The highest BCUT2D eigenvalue weighted by Crippen LogP contribution is 2.40. The summed E-state index contributed by atoms with van der Waals surface area (Å²) in [5.74, 6) is 0.459. The van der Waals surface area contributed by atoms with Crippen LogP contribution in [-0.4, -0.2) is 29.6 Å². The van der Waals surface area contributed by atoms with Gasteiger partial charge >= 0.3 is 6.03 Å². The van der Waals surface area contributed by atoms with Crippen LogP contribution in [0.1, 0.15) is 28.4 Å². The summed E-state index contributed by atoms with van der Waals surface area (Å²) in [7, 11) is 1.64. The van der Waals surface area contributed by atoms with Crippen LogP contribution >= 0.6 is 11.6 Å². The molecule has 0 radical (unpaired) electrons. The second-order valence-electron chi connectivity index (χ2n) is 8.17. The summed E-state index contributed by atoms with van der Waals surface area (Å²) in [6.45, 7) is 2.37. The lowest BCUT2D eigenvalue weighted by molar-refractivity contribution is 0.193. The number of nitrogens with one attached hydrogen (secondary N) is 2. The molecule has 0 saturated carbocycles. The Morgan fingerprint density at radius 2 is 1.97 bits per heavy atom. The third kappa shape index (κ3) is 3.80. The summed E-state index contributed by atoms with van der Waals surface area (Å²) in [6.07, 6.45) is 0.683. The summed E-state index contributed by atoms with van der Waals surface area (Å²) in [4.78, 5) is 18.8. The second-order valence-corrected chi connectivity index (χ2v) is 8.58. The molecule has 3 aromatic carbocycles. The molecule has 0 bridgehead atoms. The highest BCUT2D eigenvalue weighted by atomic mass is 35.5. The molecule has 1 aliphatic heterocycles. The number of halogens is 2. The van der Waals surface area contributed by atoms with Crippen molar-refractivity contribution in [2.24, 2.45) is 0 Å². The zero-order chi connectivity index (χ0) is 23.1. The van der Waals surface area contributed by atoms with Crippen molar-refractivity contribution in [1.29, 1.82) is 0 Å². The Hall–Kier alpha value is -3.51. The van der Waals surface area contributed by atoms with Crippen LogP contribution in [0.5, 0.6) is 5.75 Å². The van der Waals surface area contributed by atoms with E-state index in [9.17, 15) is 9.18 Å². The molecular weight excluding hydrogens is 441 g/mol. The van der Waals surface area contributed by atoms with Crippen molar-refractivity contribution in [3.8, 4) is 5.75 Å². The highest BCUT2D eigenvalue weighted by Gasteiger charge is 2.35. The Bertz CT molecular complexity index is 1350. The predicted octanol–water partition coefficient (Wildman–Crippen LogP) is 6.46. The zero-order valence-corrected chi connectivity index (χ0v) is 19.0. The summed E-state index contributed by atoms with van der Waals surface area (Å²) >= 11 is 6.24. The van der Waals surface area contributed by atoms with Crippen molar-refractivity contribution in [3.05, 3.63) is 93.9 Å². The van der Waals surface area contributed by atoms with Crippen molar-refractivity contribution in [2.45, 2.75) is 19.4 Å². The van der Waals surface area contributed by atoms with Crippen LogP contribution < -0.4 is 10.1 Å². The normalized spacial score (nSPS) is 15.4. The molecule has 2 amide bonds. The molecule has 1 aliphatic rings. The molecule has 7 heteroatoms. The molecular formula is C26H23ClFN3O2. The van der Waals surface area contributed by atoms with Crippen LogP contribution in [0, 0.1) is 12.7 Å². The smallest absolute Gasteiger partial charge is 0.322 e. The SMILES string of the molecule is COc1ccc2[nH]c3c(c2c1)CCN(C(=O)Nc1cccc(Cl)c1C)C3c1ccc(F)cc1. The van der Waals surface area contributed by atoms with E-state index in [1.165, 1.54) is 12.1 Å². The number of H-pyrrole nitrogens is 1. The van der Waals surface area contributed by atoms with Crippen molar-refractivity contribution in [2.75, 3.05) is 19.0 Å². The van der Waals surface area contributed by atoms with Crippen LogP contribution in [0.2, 0.25) is 5.02 Å². The molecule has 1 unspecified atom stereocenters. The maximum Gasteiger partial charge on any atom is 0.322 e. The lowest BCUT2D eigenvalue weighted by Gasteiger charge is -2.36. The number of aromatic amines is 1. The quantitative estimate of drug-likeness (QED) is 0.366. The molecule has 0 saturated heterocycles. The van der Waals surface area contributed by atoms with Gasteiger partial charge in [0.1, 0.15) is 11.6 Å². The van der Waals surface area contributed by atoms with E-state index in [1.807, 2.05) is 37.3 Å². The van der Waals surface area contributed by atoms with Crippen LogP contribution in [0.15, 0.2) is 60.7 Å². The van der Waals surface area contributed by atoms with Crippen molar-refractivity contribution < 1.29 is 13.9 Å². The van der Waals surface area contributed by atoms with Crippen LogP contribution in [0.4, 0.5) is 14.9 Å². The predicted molar refractivity (Wildman–Crippen MR) is 129 cm³/mol. The standard InChI is InChI=1S/C26H23ClFN3O2/c1-15-21(27)4-3-5-22(15)30-26(32)31-13-12-19-20-14-18(33-2)10-11-23(20)29-24(19)25(31)16-6-8-17(28)9-7-16/h3-11,14,25,29H,12-13H2,1-2H3,(H,30,32). The van der Waals surface area contributed by atoms with E-state index in [2.05, 4.69) is 10.3 Å². The number of fused-ring (bicyclic) bond motifs is 3. The molecule has 2 heterocycles. The molecule has 33 heavy (non-hydrogen) atoms.